The molecule has 1 aromatic carbocycles. The van der Waals surface area contributed by atoms with Crippen molar-refractivity contribution in [2.75, 3.05) is 38.5 Å². The van der Waals surface area contributed by atoms with E-state index in [4.69, 9.17) is 0 Å². The molecule has 2 atom stereocenters. The summed E-state index contributed by atoms with van der Waals surface area (Å²) in [6, 6.07) is 7.67. The molecule has 1 saturated heterocycles. The molecule has 42 heavy (non-hydrogen) atoms. The number of rotatable bonds is 10. The number of piperazine rings is 1. The van der Waals surface area contributed by atoms with Crippen molar-refractivity contribution >= 4 is 29.3 Å². The second-order valence-electron chi connectivity index (χ2n) is 11.5. The van der Waals surface area contributed by atoms with E-state index in [0.29, 0.717) is 37.3 Å². The third-order valence-electron chi connectivity index (χ3n) is 8.42. The van der Waals surface area contributed by atoms with E-state index in [1.165, 1.54) is 4.68 Å². The number of aryl methyl sites for hydroxylation is 1. The van der Waals surface area contributed by atoms with Crippen LogP contribution in [0.2, 0.25) is 0 Å². The van der Waals surface area contributed by atoms with E-state index in [9.17, 15) is 19.2 Å². The van der Waals surface area contributed by atoms with Crippen LogP contribution in [0.5, 0.6) is 0 Å². The van der Waals surface area contributed by atoms with Crippen LogP contribution in [0.15, 0.2) is 36.5 Å². The largest absolute Gasteiger partial charge is 0.344 e. The molecule has 4 rings (SSSR count). The lowest BCUT2D eigenvalue weighted by Gasteiger charge is -2.34. The predicted molar refractivity (Wildman–Crippen MR) is 161 cm³/mol. The highest BCUT2D eigenvalue weighted by Crippen LogP contribution is 2.27. The minimum Gasteiger partial charge on any atom is -0.344 e. The number of benzene rings is 1. The molecule has 0 spiro atoms. The highest BCUT2D eigenvalue weighted by molar-refractivity contribution is 6.00. The summed E-state index contributed by atoms with van der Waals surface area (Å²) in [6.07, 6.45) is 8.34. The first kappa shape index (κ1) is 31.2. The topological polar surface area (TPSA) is 129 Å². The summed E-state index contributed by atoms with van der Waals surface area (Å²) in [7, 11) is 3.74. The van der Waals surface area contributed by atoms with Gasteiger partial charge in [-0.2, -0.15) is 5.10 Å². The van der Waals surface area contributed by atoms with Crippen LogP contribution >= 0.6 is 0 Å². The number of aromatic nitrogens is 2. The summed E-state index contributed by atoms with van der Waals surface area (Å²) < 4.78 is 1.50. The maximum atomic E-state index is 13.6. The normalized spacial score (nSPS) is 18.0. The Labute approximate surface area is 248 Å². The molecule has 0 radical (unpaired) electrons. The van der Waals surface area contributed by atoms with Gasteiger partial charge in [0.2, 0.25) is 17.7 Å². The molecule has 0 bridgehead atoms. The predicted octanol–water partition coefficient (Wildman–Crippen LogP) is 2.34. The molecular weight excluding hydrogens is 534 g/mol. The lowest BCUT2D eigenvalue weighted by molar-refractivity contribution is -0.137. The van der Waals surface area contributed by atoms with Gasteiger partial charge in [0, 0.05) is 58.0 Å². The minimum absolute atomic E-state index is 0.0486. The standard InChI is InChI=1S/C31H45N7O4/c1-4-27(39)34-25(31(42)38-19-17-36(2)18-20-38)21-22-11-13-24(14-12-22)33-30(41)28(23-9-7-5-6-8-10-23)35-29(40)26-15-16-32-37(26)3/h11-16,23,25,28H,4-10,17-21H2,1-3H3,(H,33,41)(H,34,39)(H,35,40)/t25?,28-/m0/s1. The molecule has 4 amide bonds. The average Bonchev–Trinajstić information content (AvgIpc) is 3.24. The van der Waals surface area contributed by atoms with E-state index in [1.54, 1.807) is 38.4 Å². The van der Waals surface area contributed by atoms with Gasteiger partial charge in [-0.15, -0.1) is 0 Å². The molecule has 11 nitrogen and oxygen atoms in total. The molecule has 1 aliphatic heterocycles. The van der Waals surface area contributed by atoms with Crippen LogP contribution in [0.3, 0.4) is 0 Å². The van der Waals surface area contributed by atoms with Crippen LogP contribution in [0.4, 0.5) is 5.69 Å². The van der Waals surface area contributed by atoms with Gasteiger partial charge in [-0.3, -0.25) is 23.9 Å². The van der Waals surface area contributed by atoms with Gasteiger partial charge in [0.15, 0.2) is 0 Å². The van der Waals surface area contributed by atoms with Crippen molar-refractivity contribution in [2.45, 2.75) is 70.4 Å². The van der Waals surface area contributed by atoms with Gasteiger partial charge in [0.05, 0.1) is 0 Å². The van der Waals surface area contributed by atoms with E-state index in [-0.39, 0.29) is 29.5 Å². The van der Waals surface area contributed by atoms with Gasteiger partial charge in [0.1, 0.15) is 17.8 Å². The SMILES string of the molecule is CCC(=O)NC(Cc1ccc(NC(=O)[C@@H](NC(=O)c2ccnn2C)C2CCCCCC2)cc1)C(=O)N1CCN(C)CC1. The number of nitrogens with one attached hydrogen (secondary N) is 3. The van der Waals surface area contributed by atoms with Crippen LogP contribution < -0.4 is 16.0 Å². The van der Waals surface area contributed by atoms with Crippen molar-refractivity contribution in [1.29, 1.82) is 0 Å². The van der Waals surface area contributed by atoms with E-state index in [0.717, 1.165) is 57.2 Å². The van der Waals surface area contributed by atoms with Crippen LogP contribution in [-0.4, -0.2) is 88.5 Å². The van der Waals surface area contributed by atoms with Crippen LogP contribution in [0, 0.1) is 5.92 Å². The molecule has 1 saturated carbocycles. The zero-order chi connectivity index (χ0) is 30.1. The summed E-state index contributed by atoms with van der Waals surface area (Å²) >= 11 is 0. The molecule has 3 N–H and O–H groups in total. The van der Waals surface area contributed by atoms with Crippen molar-refractivity contribution in [1.82, 2.24) is 30.2 Å². The molecular formula is C31H45N7O4. The fraction of sp³-hybridized carbons (Fsp3) is 0.581. The summed E-state index contributed by atoms with van der Waals surface area (Å²) in [5, 5.41) is 13.0. The number of carbonyl (C=O) groups is 4. The second kappa shape index (κ2) is 14.9. The van der Waals surface area contributed by atoms with E-state index < -0.39 is 12.1 Å². The monoisotopic (exact) mass is 579 g/mol. The lowest BCUT2D eigenvalue weighted by Crippen LogP contribution is -2.54. The Morgan fingerprint density at radius 2 is 1.57 bits per heavy atom. The smallest absolute Gasteiger partial charge is 0.270 e. The zero-order valence-corrected chi connectivity index (χ0v) is 25.1. The Bertz CT molecular complexity index is 1210. The van der Waals surface area contributed by atoms with Gasteiger partial charge >= 0.3 is 0 Å². The molecule has 228 valence electrons. The summed E-state index contributed by atoms with van der Waals surface area (Å²) in [6.45, 7) is 4.65. The second-order valence-corrected chi connectivity index (χ2v) is 11.5. The number of hydrogen-bond acceptors (Lipinski definition) is 6. The van der Waals surface area contributed by atoms with Crippen molar-refractivity contribution in [3.05, 3.63) is 47.8 Å². The van der Waals surface area contributed by atoms with Gasteiger partial charge in [-0.1, -0.05) is 44.7 Å². The quantitative estimate of drug-likeness (QED) is 0.371. The third kappa shape index (κ3) is 8.40. The molecule has 2 heterocycles. The molecule has 11 heteroatoms. The minimum atomic E-state index is -0.667. The third-order valence-corrected chi connectivity index (χ3v) is 8.42. The summed E-state index contributed by atoms with van der Waals surface area (Å²) in [5.41, 5.74) is 1.89. The number of likely N-dealkylation sites (N-methyl/N-ethyl adjacent to an activating group) is 1. The van der Waals surface area contributed by atoms with Crippen LogP contribution in [0.25, 0.3) is 0 Å². The van der Waals surface area contributed by atoms with Crippen molar-refractivity contribution in [2.24, 2.45) is 13.0 Å². The van der Waals surface area contributed by atoms with Crippen molar-refractivity contribution < 1.29 is 19.2 Å². The Morgan fingerprint density at radius 3 is 2.17 bits per heavy atom. The first-order valence-corrected chi connectivity index (χ1v) is 15.2. The maximum absolute atomic E-state index is 13.6. The number of amides is 4. The highest BCUT2D eigenvalue weighted by atomic mass is 16.2. The Kier molecular flexibility index (Phi) is 11.1. The first-order valence-electron chi connectivity index (χ1n) is 15.2. The Hall–Kier alpha value is -3.73. The van der Waals surface area contributed by atoms with E-state index in [2.05, 4.69) is 25.9 Å². The van der Waals surface area contributed by atoms with Crippen LogP contribution in [0.1, 0.15) is 67.9 Å². The fourth-order valence-corrected chi connectivity index (χ4v) is 5.78. The van der Waals surface area contributed by atoms with Gasteiger partial charge in [-0.25, -0.2) is 0 Å². The van der Waals surface area contributed by atoms with Gasteiger partial charge < -0.3 is 25.8 Å². The summed E-state index contributed by atoms with van der Waals surface area (Å²) in [4.78, 5) is 56.2. The summed E-state index contributed by atoms with van der Waals surface area (Å²) in [5.74, 6) is -0.752. The molecule has 2 fully saturated rings. The molecule has 2 aromatic rings. The molecule has 2 aliphatic rings. The highest BCUT2D eigenvalue weighted by Gasteiger charge is 2.32. The number of nitrogens with zero attached hydrogens (tertiary/aromatic N) is 4. The molecule has 1 aromatic heterocycles. The Morgan fingerprint density at radius 1 is 0.905 bits per heavy atom. The zero-order valence-electron chi connectivity index (χ0n) is 25.1. The van der Waals surface area contributed by atoms with E-state index in [1.807, 2.05) is 24.1 Å². The number of anilines is 1. The molecule has 1 aliphatic carbocycles. The first-order chi connectivity index (χ1) is 20.2. The van der Waals surface area contributed by atoms with Gasteiger partial charge in [-0.05, 0) is 49.6 Å². The lowest BCUT2D eigenvalue weighted by atomic mass is 9.91. The Balaban J connectivity index is 1.43. The number of carbonyl (C=O) groups excluding carboxylic acids is 4. The fourth-order valence-electron chi connectivity index (χ4n) is 5.78. The van der Waals surface area contributed by atoms with Gasteiger partial charge in [0.25, 0.3) is 5.91 Å². The van der Waals surface area contributed by atoms with Crippen molar-refractivity contribution in [3.63, 3.8) is 0 Å². The van der Waals surface area contributed by atoms with Crippen molar-refractivity contribution in [3.8, 4) is 0 Å². The number of hydrogen-bond donors (Lipinski definition) is 3. The molecule has 1 unspecified atom stereocenters. The maximum Gasteiger partial charge on any atom is 0.270 e. The van der Waals surface area contributed by atoms with E-state index >= 15 is 0 Å². The van der Waals surface area contributed by atoms with Crippen LogP contribution in [-0.2, 0) is 27.9 Å². The average molecular weight is 580 g/mol.